The van der Waals surface area contributed by atoms with Crippen LogP contribution in [0.25, 0.3) is 10.9 Å². The molecule has 418 valence electrons. The molecule has 76 heavy (non-hydrogen) atoms. The number of rotatable bonds is 25. The van der Waals surface area contributed by atoms with E-state index in [1.165, 1.54) is 41.8 Å². The molecule has 4 rings (SSSR count). The van der Waals surface area contributed by atoms with Crippen LogP contribution in [0.4, 0.5) is 0 Å². The second kappa shape index (κ2) is 36.2. The van der Waals surface area contributed by atoms with E-state index in [2.05, 4.69) is 92.4 Å². The number of fused-ring (bicyclic) bond motifs is 1. The number of primary amides is 2. The second-order valence-corrected chi connectivity index (χ2v) is 18.9. The molecular weight excluding hydrogens is 1000 g/mol. The van der Waals surface area contributed by atoms with E-state index in [-0.39, 0.29) is 37.7 Å². The van der Waals surface area contributed by atoms with Crippen LogP contribution in [0.5, 0.6) is 0 Å². The van der Waals surface area contributed by atoms with Gasteiger partial charge >= 0.3 is 0 Å². The average molecular weight is 1080 g/mol. The number of aromatic amines is 2. The summed E-state index contributed by atoms with van der Waals surface area (Å²) in [6.45, 7) is 10.9. The van der Waals surface area contributed by atoms with Gasteiger partial charge in [0, 0.05) is 55.3 Å². The summed E-state index contributed by atoms with van der Waals surface area (Å²) in [5.74, 6) is -5.82. The molecule has 0 saturated heterocycles. The molecule has 2 aromatic heterocycles. The Morgan fingerprint density at radius 1 is 0.697 bits per heavy atom. The molecule has 2 aromatic carbocycles. The minimum absolute atomic E-state index is 0.0282. The predicted molar refractivity (Wildman–Crippen MR) is 291 cm³/mol. The zero-order valence-electron chi connectivity index (χ0n) is 45.0. The molecule has 2 unspecified atom stereocenters. The van der Waals surface area contributed by atoms with Crippen molar-refractivity contribution in [3.8, 4) is 0 Å². The number of nitrogens with zero attached hydrogens (tertiary/aromatic N) is 3. The highest BCUT2D eigenvalue weighted by molar-refractivity contribution is 7.98. The van der Waals surface area contributed by atoms with Gasteiger partial charge in [-0.05, 0) is 36.6 Å². The molecule has 0 saturated carbocycles. The molecule has 14 N–H and O–H groups in total. The van der Waals surface area contributed by atoms with E-state index in [1.807, 2.05) is 42.5 Å². The highest BCUT2D eigenvalue weighted by Crippen LogP contribution is 2.19. The van der Waals surface area contributed by atoms with Crippen molar-refractivity contribution in [2.75, 3.05) is 58.4 Å². The Morgan fingerprint density at radius 3 is 1.80 bits per heavy atom. The lowest BCUT2D eigenvalue weighted by Crippen LogP contribution is -2.56. The van der Waals surface area contributed by atoms with Gasteiger partial charge in [0.25, 0.3) is 0 Å². The van der Waals surface area contributed by atoms with E-state index >= 15 is 0 Å². The molecule has 0 bridgehead atoms. The first-order valence-electron chi connectivity index (χ1n) is 24.5. The molecule has 0 aliphatic heterocycles. The molecule has 24 nitrogen and oxygen atoms in total. The van der Waals surface area contributed by atoms with E-state index < -0.39 is 103 Å². The predicted octanol–water partition coefficient (Wildman–Crippen LogP) is -0.274. The summed E-state index contributed by atoms with van der Waals surface area (Å²) in [6.07, 6.45) is 6.72. The van der Waals surface area contributed by atoms with Gasteiger partial charge < -0.3 is 68.9 Å². The van der Waals surface area contributed by atoms with Gasteiger partial charge in [0.15, 0.2) is 0 Å². The molecule has 0 fully saturated rings. The van der Waals surface area contributed by atoms with Crippen molar-refractivity contribution in [2.24, 2.45) is 29.0 Å². The van der Waals surface area contributed by atoms with Crippen LogP contribution >= 0.6 is 11.8 Å². The number of aromatic nitrogens is 3. The van der Waals surface area contributed by atoms with Crippen molar-refractivity contribution in [2.45, 2.75) is 85.9 Å². The van der Waals surface area contributed by atoms with Crippen molar-refractivity contribution in [3.05, 3.63) is 90.1 Å². The van der Waals surface area contributed by atoms with Gasteiger partial charge in [0.2, 0.25) is 59.1 Å². The molecule has 2 heterocycles. The molecular formula is C51H78N14O10S. The Balaban J connectivity index is 0.00000155. The number of para-hydroxylation sites is 1. The average Bonchev–Trinajstić information content (AvgIpc) is 4.06. The number of H-pyrrole nitrogens is 2. The van der Waals surface area contributed by atoms with Crippen molar-refractivity contribution < 1.29 is 47.9 Å². The van der Waals surface area contributed by atoms with Gasteiger partial charge in [0.1, 0.15) is 24.7 Å². The number of carbonyl (C=O) groups is 10. The molecule has 0 aliphatic rings. The molecule has 10 amide bonds. The van der Waals surface area contributed by atoms with E-state index in [0.29, 0.717) is 17.7 Å². The highest BCUT2D eigenvalue weighted by atomic mass is 32.2. The zero-order valence-corrected chi connectivity index (χ0v) is 45.8. The van der Waals surface area contributed by atoms with Gasteiger partial charge in [-0.2, -0.15) is 0 Å². The number of carbonyl (C=O) groups excluding carboxylic acids is 10. The summed E-state index contributed by atoms with van der Waals surface area (Å²) >= 11 is 1.28. The third kappa shape index (κ3) is 26.9. The number of nitrogens with two attached hydrogens (primary N) is 3. The number of hydrogen-bond acceptors (Lipinski definition) is 13. The molecule has 0 aliphatic carbocycles. The van der Waals surface area contributed by atoms with Crippen LogP contribution in [-0.2, 0) is 60.8 Å². The fraction of sp³-hybridized carbons (Fsp3) is 0.471. The monoisotopic (exact) mass is 1080 g/mol. The Bertz CT molecular complexity index is 2470. The minimum Gasteiger partial charge on any atom is -0.370 e. The van der Waals surface area contributed by atoms with Gasteiger partial charge in [0.05, 0.1) is 44.9 Å². The Labute approximate surface area is 448 Å². The first kappa shape index (κ1) is 66.2. The molecule has 3 atom stereocenters. The van der Waals surface area contributed by atoms with E-state index in [0.717, 1.165) is 21.7 Å². The summed E-state index contributed by atoms with van der Waals surface area (Å²) in [4.78, 5) is 137. The van der Waals surface area contributed by atoms with Crippen molar-refractivity contribution >= 4 is 81.7 Å². The number of benzene rings is 2. The maximum Gasteiger partial charge on any atom is 0.243 e. The quantitative estimate of drug-likeness (QED) is 0.0381. The molecule has 4 aromatic rings. The SMILES string of the molecule is CC(C)C.CCC(N)=O.CSCN(CC(N)=O)C(=O)CNC(=O)C(Cc1cnc[nH]1)N(C)C(=O)CNC(=O)C(NC(=O)CNC(=O)[C@H](Cc1c[nH]c2ccccc12)NC(=O)CNC(=O)CN)C(C)C.Cc1ccccc1. The number of imidazole rings is 1. The van der Waals surface area contributed by atoms with Crippen LogP contribution < -0.4 is 49.1 Å². The van der Waals surface area contributed by atoms with E-state index in [4.69, 9.17) is 11.5 Å². The number of hydrogen-bond donors (Lipinski definition) is 11. The van der Waals surface area contributed by atoms with Crippen LogP contribution in [0.1, 0.15) is 64.8 Å². The van der Waals surface area contributed by atoms with Gasteiger partial charge in [-0.3, -0.25) is 47.9 Å². The smallest absolute Gasteiger partial charge is 0.243 e. The first-order chi connectivity index (χ1) is 35.9. The Morgan fingerprint density at radius 2 is 1.26 bits per heavy atom. The summed E-state index contributed by atoms with van der Waals surface area (Å²) in [5, 5.41) is 15.8. The number of aryl methyl sites for hydroxylation is 1. The summed E-state index contributed by atoms with van der Waals surface area (Å²) in [7, 11) is 1.35. The first-order valence-corrected chi connectivity index (χ1v) is 25.8. The highest BCUT2D eigenvalue weighted by Gasteiger charge is 2.31. The summed E-state index contributed by atoms with van der Waals surface area (Å²) in [6, 6.07) is 14.1. The fourth-order valence-electron chi connectivity index (χ4n) is 6.33. The lowest BCUT2D eigenvalue weighted by molar-refractivity contribution is -0.140. The lowest BCUT2D eigenvalue weighted by Gasteiger charge is -2.28. The van der Waals surface area contributed by atoms with Crippen LogP contribution in [0.2, 0.25) is 0 Å². The maximum absolute atomic E-state index is 13.4. The fourth-order valence-corrected chi connectivity index (χ4v) is 6.88. The van der Waals surface area contributed by atoms with Crippen LogP contribution in [0, 0.1) is 18.8 Å². The van der Waals surface area contributed by atoms with Crippen LogP contribution in [0.15, 0.2) is 73.3 Å². The second-order valence-electron chi connectivity index (χ2n) is 18.1. The normalized spacial score (nSPS) is 11.5. The number of nitrogens with one attached hydrogen (secondary N) is 8. The van der Waals surface area contributed by atoms with Gasteiger partial charge in [-0.1, -0.05) is 95.6 Å². The topological polar surface area (TPSA) is 372 Å². The largest absolute Gasteiger partial charge is 0.370 e. The number of thioether (sulfide) groups is 1. The van der Waals surface area contributed by atoms with Gasteiger partial charge in [-0.15, -0.1) is 11.8 Å². The van der Waals surface area contributed by atoms with E-state index in [9.17, 15) is 47.9 Å². The third-order valence-electron chi connectivity index (χ3n) is 10.3. The zero-order chi connectivity index (χ0) is 57.3. The number of amides is 10. The lowest BCUT2D eigenvalue weighted by atomic mass is 10.0. The third-order valence-corrected chi connectivity index (χ3v) is 10.9. The van der Waals surface area contributed by atoms with Crippen molar-refractivity contribution in [1.82, 2.24) is 56.7 Å². The van der Waals surface area contributed by atoms with E-state index in [1.54, 1.807) is 33.2 Å². The Hall–Kier alpha value is -7.80. The summed E-state index contributed by atoms with van der Waals surface area (Å²) < 4.78 is 0. The Kier molecular flexibility index (Phi) is 31.5. The number of likely N-dealkylation sites (N-methyl/N-ethyl adjacent to an activating group) is 1. The van der Waals surface area contributed by atoms with Crippen LogP contribution in [0.3, 0.4) is 0 Å². The minimum atomic E-state index is -1.16. The van der Waals surface area contributed by atoms with Crippen molar-refractivity contribution in [3.63, 3.8) is 0 Å². The maximum atomic E-state index is 13.4. The molecule has 25 heteroatoms. The standard InChI is InChI=1S/C37H53N13O9S.C7H8.C4H10.C3H7NO/c1-21(2)34(48-31(54)15-43-35(57)26(47-30(53)14-42-29(52)11-38)9-22-12-41-25-8-6-5-7-24(22)25)37(59)45-16-32(55)49(3)27(10-23-13-40-19-46-23)36(58)44-17-33(56)50(20-60-4)18-28(39)51;1-7-5-3-2-4-6-7;1-4(2)3;1-2-3(4)5/h5-8,12-13,19,21,26-27,34,41H,9-11,14-18,20,38H2,1-4H3,(H2,39,51)(H,40,46)(H,42,52)(H,43,57)(H,44,58)(H,45,59)(H,47,53)(H,48,54);2-6H,1H3;4H,1-3H3;2H2,1H3,(H2,4,5)/t26-,27?,34?;;;/m0.../s1. The van der Waals surface area contributed by atoms with Gasteiger partial charge in [-0.25, -0.2) is 4.98 Å². The van der Waals surface area contributed by atoms with Crippen LogP contribution in [-0.4, -0.2) is 160 Å². The van der Waals surface area contributed by atoms with Crippen molar-refractivity contribution in [1.29, 1.82) is 0 Å². The summed E-state index contributed by atoms with van der Waals surface area (Å²) in [5.41, 5.74) is 18.5. The molecule has 0 radical (unpaired) electrons. The molecule has 0 spiro atoms.